The Kier molecular flexibility index (Phi) is 5.55. The van der Waals surface area contributed by atoms with Gasteiger partial charge in [-0.3, -0.25) is 4.90 Å². The average molecular weight is 376 g/mol. The lowest BCUT2D eigenvalue weighted by molar-refractivity contribution is 0.151. The van der Waals surface area contributed by atoms with Crippen LogP contribution in [-0.2, 0) is 0 Å². The van der Waals surface area contributed by atoms with Crippen LogP contribution in [0.15, 0.2) is 48.5 Å². The maximum atomic E-state index is 4.87. The van der Waals surface area contributed by atoms with Gasteiger partial charge in [0.25, 0.3) is 0 Å². The number of aromatic nitrogens is 2. The number of piperidine rings is 1. The molecule has 0 aliphatic carbocycles. The van der Waals surface area contributed by atoms with Crippen LogP contribution in [0, 0.1) is 6.92 Å². The first kappa shape index (κ1) is 18.8. The van der Waals surface area contributed by atoms with E-state index in [-0.39, 0.29) is 0 Å². The molecule has 0 amide bonds. The predicted molar refractivity (Wildman–Crippen MR) is 116 cm³/mol. The number of likely N-dealkylation sites (tertiary alicyclic amines) is 1. The summed E-state index contributed by atoms with van der Waals surface area (Å²) in [5.74, 6) is 1.67. The second-order valence-electron chi connectivity index (χ2n) is 7.91. The number of rotatable bonds is 5. The normalized spacial score (nSPS) is 16.0. The van der Waals surface area contributed by atoms with Gasteiger partial charge in [0.2, 0.25) is 0 Å². The van der Waals surface area contributed by atoms with Crippen LogP contribution in [0.1, 0.15) is 18.4 Å². The SMILES string of the molecule is Cc1ccc(-c2nc(NCN(C)C3CCN(C)CC3)c3ccccc3n2)cc1. The number of benzene rings is 2. The fourth-order valence-corrected chi connectivity index (χ4v) is 3.81. The van der Waals surface area contributed by atoms with E-state index >= 15 is 0 Å². The third kappa shape index (κ3) is 4.16. The molecule has 2 aromatic carbocycles. The maximum Gasteiger partial charge on any atom is 0.162 e. The Labute approximate surface area is 167 Å². The van der Waals surface area contributed by atoms with Crippen LogP contribution in [0.25, 0.3) is 22.3 Å². The summed E-state index contributed by atoms with van der Waals surface area (Å²) in [7, 11) is 4.40. The second-order valence-corrected chi connectivity index (χ2v) is 7.91. The van der Waals surface area contributed by atoms with Crippen LogP contribution in [0.5, 0.6) is 0 Å². The highest BCUT2D eigenvalue weighted by Gasteiger charge is 2.20. The van der Waals surface area contributed by atoms with Crippen molar-refractivity contribution < 1.29 is 0 Å². The lowest BCUT2D eigenvalue weighted by atomic mass is 10.0. The van der Waals surface area contributed by atoms with Crippen LogP contribution in [0.4, 0.5) is 5.82 Å². The fourth-order valence-electron chi connectivity index (χ4n) is 3.81. The molecule has 0 unspecified atom stereocenters. The molecule has 0 saturated carbocycles. The highest BCUT2D eigenvalue weighted by molar-refractivity contribution is 5.90. The highest BCUT2D eigenvalue weighted by Crippen LogP contribution is 2.25. The lowest BCUT2D eigenvalue weighted by Gasteiger charge is -2.35. The number of hydrogen-bond donors (Lipinski definition) is 1. The minimum Gasteiger partial charge on any atom is -0.357 e. The lowest BCUT2D eigenvalue weighted by Crippen LogP contribution is -2.43. The van der Waals surface area contributed by atoms with Crippen molar-refractivity contribution in [3.8, 4) is 11.4 Å². The zero-order valence-electron chi connectivity index (χ0n) is 17.0. The molecule has 2 heterocycles. The zero-order valence-corrected chi connectivity index (χ0v) is 17.0. The van der Waals surface area contributed by atoms with Crippen molar-refractivity contribution in [3.63, 3.8) is 0 Å². The fraction of sp³-hybridized carbons (Fsp3) is 0.391. The Hall–Kier alpha value is -2.50. The molecule has 5 heteroatoms. The second kappa shape index (κ2) is 8.25. The molecule has 0 bridgehead atoms. The number of anilines is 1. The molecule has 3 aromatic rings. The third-order valence-corrected chi connectivity index (χ3v) is 5.72. The summed E-state index contributed by atoms with van der Waals surface area (Å²) in [5, 5.41) is 4.64. The van der Waals surface area contributed by atoms with E-state index in [1.54, 1.807) is 0 Å². The van der Waals surface area contributed by atoms with Gasteiger partial charge in [-0.15, -0.1) is 0 Å². The molecular weight excluding hydrogens is 346 g/mol. The van der Waals surface area contributed by atoms with Gasteiger partial charge in [-0.1, -0.05) is 42.0 Å². The molecule has 28 heavy (non-hydrogen) atoms. The first-order chi connectivity index (χ1) is 13.6. The van der Waals surface area contributed by atoms with Gasteiger partial charge in [-0.05, 0) is 59.1 Å². The first-order valence-corrected chi connectivity index (χ1v) is 10.1. The molecule has 1 aliphatic rings. The van der Waals surface area contributed by atoms with Gasteiger partial charge in [0.05, 0.1) is 12.2 Å². The van der Waals surface area contributed by atoms with Gasteiger partial charge in [0.15, 0.2) is 5.82 Å². The number of fused-ring (bicyclic) bond motifs is 1. The Balaban J connectivity index is 1.57. The molecule has 1 saturated heterocycles. The number of hydrogen-bond acceptors (Lipinski definition) is 5. The van der Waals surface area contributed by atoms with Crippen LogP contribution in [0.3, 0.4) is 0 Å². The van der Waals surface area contributed by atoms with Gasteiger partial charge in [0, 0.05) is 17.0 Å². The van der Waals surface area contributed by atoms with E-state index < -0.39 is 0 Å². The number of para-hydroxylation sites is 1. The quantitative estimate of drug-likeness (QED) is 0.683. The van der Waals surface area contributed by atoms with Crippen molar-refractivity contribution in [2.45, 2.75) is 25.8 Å². The minimum absolute atomic E-state index is 0.619. The Morgan fingerprint density at radius 2 is 1.75 bits per heavy atom. The molecule has 0 spiro atoms. The molecular formula is C23H29N5. The van der Waals surface area contributed by atoms with E-state index in [0.717, 1.165) is 34.8 Å². The maximum absolute atomic E-state index is 4.87. The van der Waals surface area contributed by atoms with Gasteiger partial charge in [-0.2, -0.15) is 0 Å². The molecule has 0 atom stereocenters. The molecule has 146 valence electrons. The van der Waals surface area contributed by atoms with Crippen LogP contribution >= 0.6 is 0 Å². The standard InChI is InChI=1S/C23H29N5/c1-17-8-10-18(11-9-17)22-25-21-7-5-4-6-20(21)23(26-22)24-16-28(3)19-12-14-27(2)15-13-19/h4-11,19H,12-16H2,1-3H3,(H,24,25,26). The van der Waals surface area contributed by atoms with E-state index in [9.17, 15) is 0 Å². The highest BCUT2D eigenvalue weighted by atomic mass is 15.3. The summed E-state index contributed by atoms with van der Waals surface area (Å²) in [4.78, 5) is 14.5. The van der Waals surface area contributed by atoms with E-state index in [2.05, 4.69) is 72.5 Å². The van der Waals surface area contributed by atoms with E-state index in [4.69, 9.17) is 9.97 Å². The van der Waals surface area contributed by atoms with E-state index in [1.165, 1.54) is 31.5 Å². The van der Waals surface area contributed by atoms with Gasteiger partial charge >= 0.3 is 0 Å². The minimum atomic E-state index is 0.619. The zero-order chi connectivity index (χ0) is 19.5. The van der Waals surface area contributed by atoms with E-state index in [0.29, 0.717) is 6.04 Å². The summed E-state index contributed by atoms with van der Waals surface area (Å²) in [6.45, 7) is 5.21. The third-order valence-electron chi connectivity index (χ3n) is 5.72. The first-order valence-electron chi connectivity index (χ1n) is 10.1. The predicted octanol–water partition coefficient (Wildman–Crippen LogP) is 4.00. The van der Waals surface area contributed by atoms with Gasteiger partial charge < -0.3 is 10.2 Å². The number of nitrogens with one attached hydrogen (secondary N) is 1. The molecule has 4 rings (SSSR count). The summed E-state index contributed by atoms with van der Waals surface area (Å²) in [5.41, 5.74) is 3.25. The molecule has 0 radical (unpaired) electrons. The molecule has 1 N–H and O–H groups in total. The summed E-state index contributed by atoms with van der Waals surface area (Å²) < 4.78 is 0. The Bertz CT molecular complexity index is 929. The number of aryl methyl sites for hydroxylation is 1. The molecule has 1 aromatic heterocycles. The van der Waals surface area contributed by atoms with Crippen LogP contribution in [-0.4, -0.2) is 59.7 Å². The average Bonchev–Trinajstić information content (AvgIpc) is 2.72. The summed E-state index contributed by atoms with van der Waals surface area (Å²) in [6, 6.07) is 17.2. The van der Waals surface area contributed by atoms with Crippen molar-refractivity contribution >= 4 is 16.7 Å². The summed E-state index contributed by atoms with van der Waals surface area (Å²) >= 11 is 0. The van der Waals surface area contributed by atoms with Crippen molar-refractivity contribution in [1.29, 1.82) is 0 Å². The molecule has 5 nitrogen and oxygen atoms in total. The van der Waals surface area contributed by atoms with Gasteiger partial charge in [-0.25, -0.2) is 9.97 Å². The van der Waals surface area contributed by atoms with Crippen LogP contribution in [0.2, 0.25) is 0 Å². The largest absolute Gasteiger partial charge is 0.357 e. The topological polar surface area (TPSA) is 44.3 Å². The van der Waals surface area contributed by atoms with E-state index in [1.807, 2.05) is 12.1 Å². The number of nitrogens with zero attached hydrogens (tertiary/aromatic N) is 4. The van der Waals surface area contributed by atoms with Crippen molar-refractivity contribution in [2.75, 3.05) is 39.2 Å². The molecule has 1 fully saturated rings. The smallest absolute Gasteiger partial charge is 0.162 e. The van der Waals surface area contributed by atoms with Crippen molar-refractivity contribution in [1.82, 2.24) is 19.8 Å². The van der Waals surface area contributed by atoms with Crippen LogP contribution < -0.4 is 5.32 Å². The molecule has 1 aliphatic heterocycles. The van der Waals surface area contributed by atoms with Gasteiger partial charge in [0.1, 0.15) is 5.82 Å². The Morgan fingerprint density at radius 1 is 1.04 bits per heavy atom. The monoisotopic (exact) mass is 375 g/mol. The Morgan fingerprint density at radius 3 is 2.50 bits per heavy atom. The summed E-state index contributed by atoms with van der Waals surface area (Å²) in [6.07, 6.45) is 2.43. The van der Waals surface area contributed by atoms with Crippen molar-refractivity contribution in [3.05, 3.63) is 54.1 Å². The van der Waals surface area contributed by atoms with Crippen molar-refractivity contribution in [2.24, 2.45) is 0 Å².